The normalized spacial score (nSPS) is 16.8. The van der Waals surface area contributed by atoms with Gasteiger partial charge in [0.05, 0.1) is 0 Å². The summed E-state index contributed by atoms with van der Waals surface area (Å²) in [7, 11) is 0. The second-order valence-electron chi connectivity index (χ2n) is 7.78. The van der Waals surface area contributed by atoms with Crippen LogP contribution in [0.3, 0.4) is 0 Å². The molecule has 0 saturated carbocycles. The van der Waals surface area contributed by atoms with Crippen LogP contribution >= 0.6 is 0 Å². The quantitative estimate of drug-likeness (QED) is 0.659. The molecule has 0 spiro atoms. The van der Waals surface area contributed by atoms with E-state index in [9.17, 15) is 9.18 Å². The fourth-order valence-electron chi connectivity index (χ4n) is 4.22. The summed E-state index contributed by atoms with van der Waals surface area (Å²) in [5, 5.41) is 3.00. The third kappa shape index (κ3) is 4.39. The topological polar surface area (TPSA) is 46.9 Å². The van der Waals surface area contributed by atoms with Crippen molar-refractivity contribution in [2.24, 2.45) is 0 Å². The summed E-state index contributed by atoms with van der Waals surface area (Å²) in [6.07, 6.45) is 5.29. The molecule has 1 aromatic heterocycles. The largest absolute Gasteiger partial charge is 0.352 e. The Hall–Kier alpha value is -2.95. The smallest absolute Gasteiger partial charge is 0.221 e. The molecular weight excluding hydrogens is 365 g/mol. The molecule has 4 nitrogen and oxygen atoms in total. The number of aromatic nitrogens is 2. The minimum Gasteiger partial charge on any atom is -0.352 e. The molecule has 0 saturated heterocycles. The van der Waals surface area contributed by atoms with Crippen LogP contribution in [0.25, 0.3) is 0 Å². The van der Waals surface area contributed by atoms with E-state index >= 15 is 0 Å². The predicted octanol–water partition coefficient (Wildman–Crippen LogP) is 4.76. The molecule has 1 N–H and O–H groups in total. The van der Waals surface area contributed by atoms with Gasteiger partial charge >= 0.3 is 0 Å². The van der Waals surface area contributed by atoms with Crippen molar-refractivity contribution in [3.8, 4) is 0 Å². The van der Waals surface area contributed by atoms with Gasteiger partial charge in [-0.1, -0.05) is 42.5 Å². The number of carbonyl (C=O) groups is 1. The summed E-state index contributed by atoms with van der Waals surface area (Å²) in [5.41, 5.74) is 2.85. The molecule has 0 unspecified atom stereocenters. The minimum absolute atomic E-state index is 0.0536. The van der Waals surface area contributed by atoms with Crippen molar-refractivity contribution >= 4 is 5.91 Å². The molecule has 1 aliphatic heterocycles. The minimum atomic E-state index is -0.288. The number of fused-ring (bicyclic) bond motifs is 1. The molecule has 2 aromatic carbocycles. The molecule has 2 atom stereocenters. The molecule has 2 heterocycles. The fraction of sp³-hybridized carbons (Fsp3) is 0.333. The Kier molecular flexibility index (Phi) is 5.74. The van der Waals surface area contributed by atoms with Crippen molar-refractivity contribution < 1.29 is 9.18 Å². The molecule has 0 radical (unpaired) electrons. The van der Waals surface area contributed by atoms with Gasteiger partial charge in [-0.3, -0.25) is 4.79 Å². The lowest BCUT2D eigenvalue weighted by atomic mass is 9.91. The van der Waals surface area contributed by atoms with Crippen molar-refractivity contribution in [3.63, 3.8) is 0 Å². The summed E-state index contributed by atoms with van der Waals surface area (Å²) in [6.45, 7) is 2.67. The standard InChI is InChI=1S/C24H26FN3O/c1-17-7-5-12-23-26-16-22(28(17)23)21(19-10-6-11-20(25)13-19)14-24(29)27-15-18-8-3-2-4-9-18/h2-4,6,8-11,13,16-17,21H,5,7,12,14-15H2,1H3,(H,27,29)/t17-,21-/m1/s1. The summed E-state index contributed by atoms with van der Waals surface area (Å²) in [6, 6.07) is 16.7. The first-order chi connectivity index (χ1) is 14.1. The lowest BCUT2D eigenvalue weighted by Gasteiger charge is -2.27. The van der Waals surface area contributed by atoms with Crippen molar-refractivity contribution in [3.05, 3.63) is 89.3 Å². The van der Waals surface area contributed by atoms with E-state index in [0.717, 1.165) is 41.9 Å². The molecule has 3 aromatic rings. The molecule has 1 aliphatic rings. The maximum Gasteiger partial charge on any atom is 0.221 e. The van der Waals surface area contributed by atoms with Crippen molar-refractivity contribution in [1.29, 1.82) is 0 Å². The molecule has 0 bridgehead atoms. The Labute approximate surface area is 170 Å². The van der Waals surface area contributed by atoms with Crippen LogP contribution < -0.4 is 5.32 Å². The summed E-state index contributed by atoms with van der Waals surface area (Å²) >= 11 is 0. The van der Waals surface area contributed by atoms with E-state index < -0.39 is 0 Å². The van der Waals surface area contributed by atoms with Gasteiger partial charge in [-0.25, -0.2) is 9.37 Å². The van der Waals surface area contributed by atoms with E-state index in [1.807, 2.05) is 42.6 Å². The highest BCUT2D eigenvalue weighted by Crippen LogP contribution is 2.34. The molecule has 5 heteroatoms. The first-order valence-corrected chi connectivity index (χ1v) is 10.2. The molecular formula is C24H26FN3O. The molecule has 29 heavy (non-hydrogen) atoms. The van der Waals surface area contributed by atoms with E-state index in [-0.39, 0.29) is 24.1 Å². The number of amides is 1. The Morgan fingerprint density at radius 3 is 2.86 bits per heavy atom. The van der Waals surface area contributed by atoms with Gasteiger partial charge < -0.3 is 9.88 Å². The maximum atomic E-state index is 14.0. The SMILES string of the molecule is C[C@@H]1CCCc2ncc([C@H](CC(=O)NCc3ccccc3)c3cccc(F)c3)n21. The highest BCUT2D eigenvalue weighted by atomic mass is 19.1. The number of aryl methyl sites for hydroxylation is 1. The lowest BCUT2D eigenvalue weighted by Crippen LogP contribution is -2.26. The number of halogens is 1. The number of imidazole rings is 1. The average molecular weight is 391 g/mol. The van der Waals surface area contributed by atoms with Crippen molar-refractivity contribution in [2.45, 2.75) is 51.1 Å². The lowest BCUT2D eigenvalue weighted by molar-refractivity contribution is -0.121. The molecule has 150 valence electrons. The van der Waals surface area contributed by atoms with Crippen molar-refractivity contribution in [2.75, 3.05) is 0 Å². The molecule has 4 rings (SSSR count). The summed E-state index contributed by atoms with van der Waals surface area (Å²) in [5.74, 6) is 0.485. The number of nitrogens with one attached hydrogen (secondary N) is 1. The van der Waals surface area contributed by atoms with Crippen LogP contribution in [0.5, 0.6) is 0 Å². The Morgan fingerprint density at radius 2 is 2.07 bits per heavy atom. The number of nitrogens with zero attached hydrogens (tertiary/aromatic N) is 2. The molecule has 0 fully saturated rings. The number of rotatable bonds is 6. The Balaban J connectivity index is 1.60. The number of benzene rings is 2. The number of hydrogen-bond acceptors (Lipinski definition) is 2. The third-order valence-electron chi connectivity index (χ3n) is 5.70. The Bertz CT molecular complexity index is 983. The van der Waals surface area contributed by atoms with Gasteiger partial charge in [-0.05, 0) is 43.0 Å². The van der Waals surface area contributed by atoms with E-state index in [1.54, 1.807) is 6.07 Å². The number of carbonyl (C=O) groups excluding carboxylic acids is 1. The van der Waals surface area contributed by atoms with Gasteiger partial charge in [0.1, 0.15) is 11.6 Å². The summed E-state index contributed by atoms with van der Waals surface area (Å²) < 4.78 is 16.2. The molecule has 0 aliphatic carbocycles. The van der Waals surface area contributed by atoms with E-state index in [0.29, 0.717) is 12.6 Å². The number of hydrogen-bond donors (Lipinski definition) is 1. The zero-order valence-corrected chi connectivity index (χ0v) is 16.6. The third-order valence-corrected chi connectivity index (χ3v) is 5.70. The van der Waals surface area contributed by atoms with Crippen LogP contribution in [0.4, 0.5) is 4.39 Å². The van der Waals surface area contributed by atoms with Crippen LogP contribution in [0.1, 0.15) is 60.8 Å². The van der Waals surface area contributed by atoms with Crippen LogP contribution in [0, 0.1) is 5.82 Å². The van der Waals surface area contributed by atoms with Crippen LogP contribution in [-0.4, -0.2) is 15.5 Å². The van der Waals surface area contributed by atoms with Crippen molar-refractivity contribution in [1.82, 2.24) is 14.9 Å². The highest BCUT2D eigenvalue weighted by Gasteiger charge is 2.27. The van der Waals surface area contributed by atoms with E-state index in [4.69, 9.17) is 0 Å². The van der Waals surface area contributed by atoms with Gasteiger partial charge in [0, 0.05) is 43.2 Å². The first-order valence-electron chi connectivity index (χ1n) is 10.2. The fourth-order valence-corrected chi connectivity index (χ4v) is 4.22. The predicted molar refractivity (Wildman–Crippen MR) is 111 cm³/mol. The monoisotopic (exact) mass is 391 g/mol. The van der Waals surface area contributed by atoms with Gasteiger partial charge in [0.15, 0.2) is 0 Å². The zero-order chi connectivity index (χ0) is 20.2. The van der Waals surface area contributed by atoms with E-state index in [2.05, 4.69) is 21.8 Å². The van der Waals surface area contributed by atoms with Crippen LogP contribution in [0.15, 0.2) is 60.8 Å². The zero-order valence-electron chi connectivity index (χ0n) is 16.6. The van der Waals surface area contributed by atoms with Gasteiger partial charge in [0.2, 0.25) is 5.91 Å². The van der Waals surface area contributed by atoms with Gasteiger partial charge in [-0.15, -0.1) is 0 Å². The second-order valence-corrected chi connectivity index (χ2v) is 7.78. The van der Waals surface area contributed by atoms with Gasteiger partial charge in [-0.2, -0.15) is 0 Å². The van der Waals surface area contributed by atoms with E-state index in [1.165, 1.54) is 12.1 Å². The second kappa shape index (κ2) is 8.60. The van der Waals surface area contributed by atoms with Gasteiger partial charge in [0.25, 0.3) is 0 Å². The maximum absolute atomic E-state index is 14.0. The average Bonchev–Trinajstić information content (AvgIpc) is 3.16. The summed E-state index contributed by atoms with van der Waals surface area (Å²) in [4.78, 5) is 17.4. The van der Waals surface area contributed by atoms with Crippen LogP contribution in [0.2, 0.25) is 0 Å². The highest BCUT2D eigenvalue weighted by molar-refractivity contribution is 5.77. The van der Waals surface area contributed by atoms with Crippen LogP contribution in [-0.2, 0) is 17.8 Å². The first kappa shape index (κ1) is 19.4. The molecule has 1 amide bonds. The Morgan fingerprint density at radius 1 is 1.24 bits per heavy atom.